The molecule has 1 aliphatic rings. The van der Waals surface area contributed by atoms with E-state index in [-0.39, 0.29) is 11.3 Å². The number of pyridine rings is 1. The Labute approximate surface area is 87.0 Å². The second-order valence-corrected chi connectivity index (χ2v) is 4.51. The Morgan fingerprint density at radius 2 is 2.27 bits per heavy atom. The fourth-order valence-electron chi connectivity index (χ4n) is 2.32. The van der Waals surface area contributed by atoms with Crippen LogP contribution >= 0.6 is 0 Å². The lowest BCUT2D eigenvalue weighted by Crippen LogP contribution is -2.03. The smallest absolute Gasteiger partial charge is 0.307 e. The molecule has 1 N–H and O–H groups in total. The Bertz CT molecular complexity index is 417. The molecule has 1 saturated carbocycles. The van der Waals surface area contributed by atoms with Gasteiger partial charge in [0.15, 0.2) is 0 Å². The van der Waals surface area contributed by atoms with Gasteiger partial charge in [0.1, 0.15) is 5.82 Å². The number of aliphatic carboxylic acids is 1. The van der Waals surface area contributed by atoms with E-state index in [4.69, 9.17) is 5.11 Å². The molecule has 1 fully saturated rings. The van der Waals surface area contributed by atoms with Crippen LogP contribution in [0.3, 0.4) is 0 Å². The van der Waals surface area contributed by atoms with E-state index in [1.54, 1.807) is 6.07 Å². The quantitative estimate of drug-likeness (QED) is 0.810. The summed E-state index contributed by atoms with van der Waals surface area (Å²) in [5, 5.41) is 8.97. The first-order valence-corrected chi connectivity index (χ1v) is 4.78. The minimum absolute atomic E-state index is 0.238. The predicted octanol–water partition coefficient (Wildman–Crippen LogP) is 2.04. The fourth-order valence-corrected chi connectivity index (χ4v) is 2.32. The molecule has 0 bridgehead atoms. The molecule has 0 saturated heterocycles. The molecule has 4 heteroatoms. The monoisotopic (exact) mass is 209 g/mol. The van der Waals surface area contributed by atoms with Crippen LogP contribution in [0.15, 0.2) is 18.5 Å². The third-order valence-corrected chi connectivity index (χ3v) is 3.23. The third kappa shape index (κ3) is 1.40. The van der Waals surface area contributed by atoms with Gasteiger partial charge in [0.05, 0.1) is 12.1 Å². The number of nitrogens with zero attached hydrogens (tertiary/aromatic N) is 1. The number of rotatable bonds is 2. The molecule has 1 aromatic rings. The topological polar surface area (TPSA) is 50.2 Å². The molecule has 3 nitrogen and oxygen atoms in total. The molecular weight excluding hydrogens is 197 g/mol. The van der Waals surface area contributed by atoms with Crippen molar-refractivity contribution in [2.75, 3.05) is 0 Å². The van der Waals surface area contributed by atoms with Gasteiger partial charge < -0.3 is 5.11 Å². The summed E-state index contributed by atoms with van der Waals surface area (Å²) in [6.45, 7) is 3.69. The molecule has 0 spiro atoms. The molecule has 15 heavy (non-hydrogen) atoms. The Balaban J connectivity index is 2.36. The number of carbonyl (C=O) groups is 1. The van der Waals surface area contributed by atoms with Crippen molar-refractivity contribution in [2.45, 2.75) is 19.8 Å². The first-order chi connectivity index (χ1) is 6.96. The SMILES string of the molecule is CC1(C)[C@H](C(=O)O)[C@H]1c1ccncc1F. The van der Waals surface area contributed by atoms with Crippen LogP contribution in [0.1, 0.15) is 25.3 Å². The Hall–Kier alpha value is -1.45. The van der Waals surface area contributed by atoms with Crippen LogP contribution in [0.4, 0.5) is 4.39 Å². The first-order valence-electron chi connectivity index (χ1n) is 4.78. The summed E-state index contributed by atoms with van der Waals surface area (Å²) in [4.78, 5) is 14.6. The van der Waals surface area contributed by atoms with E-state index >= 15 is 0 Å². The number of carboxylic acid groups (broad SMARTS) is 1. The van der Waals surface area contributed by atoms with Gasteiger partial charge in [-0.15, -0.1) is 0 Å². The average Bonchev–Trinajstić information content (AvgIpc) is 2.70. The number of halogens is 1. The van der Waals surface area contributed by atoms with Crippen molar-refractivity contribution in [2.24, 2.45) is 11.3 Å². The second-order valence-electron chi connectivity index (χ2n) is 4.51. The molecule has 0 aliphatic heterocycles. The van der Waals surface area contributed by atoms with Crippen molar-refractivity contribution >= 4 is 5.97 Å². The van der Waals surface area contributed by atoms with Crippen LogP contribution in [0.25, 0.3) is 0 Å². The van der Waals surface area contributed by atoms with E-state index in [0.717, 1.165) is 6.20 Å². The highest BCUT2D eigenvalue weighted by atomic mass is 19.1. The van der Waals surface area contributed by atoms with Gasteiger partial charge in [-0.1, -0.05) is 13.8 Å². The van der Waals surface area contributed by atoms with Crippen LogP contribution in [0, 0.1) is 17.2 Å². The van der Waals surface area contributed by atoms with Crippen LogP contribution in [0.2, 0.25) is 0 Å². The van der Waals surface area contributed by atoms with Crippen molar-refractivity contribution < 1.29 is 14.3 Å². The molecule has 80 valence electrons. The van der Waals surface area contributed by atoms with Crippen molar-refractivity contribution in [3.05, 3.63) is 29.8 Å². The van der Waals surface area contributed by atoms with Crippen LogP contribution < -0.4 is 0 Å². The van der Waals surface area contributed by atoms with Crippen LogP contribution in [-0.2, 0) is 4.79 Å². The Morgan fingerprint density at radius 1 is 1.60 bits per heavy atom. The maximum atomic E-state index is 13.4. The summed E-state index contributed by atoms with van der Waals surface area (Å²) < 4.78 is 13.4. The zero-order chi connectivity index (χ0) is 11.2. The number of hydrogen-bond acceptors (Lipinski definition) is 2. The highest BCUT2D eigenvalue weighted by Gasteiger charge is 2.63. The molecule has 0 radical (unpaired) electrons. The number of hydrogen-bond donors (Lipinski definition) is 1. The highest BCUT2D eigenvalue weighted by molar-refractivity contribution is 5.77. The third-order valence-electron chi connectivity index (χ3n) is 3.23. The van der Waals surface area contributed by atoms with Gasteiger partial charge in [-0.2, -0.15) is 0 Å². The summed E-state index contributed by atoms with van der Waals surface area (Å²) in [6.07, 6.45) is 2.62. The van der Waals surface area contributed by atoms with Crippen LogP contribution in [0.5, 0.6) is 0 Å². The molecule has 0 unspecified atom stereocenters. The zero-order valence-electron chi connectivity index (χ0n) is 8.57. The van der Waals surface area contributed by atoms with E-state index < -0.39 is 17.7 Å². The molecular formula is C11H12FNO2. The van der Waals surface area contributed by atoms with Crippen LogP contribution in [-0.4, -0.2) is 16.1 Å². The van der Waals surface area contributed by atoms with Crippen molar-refractivity contribution in [1.82, 2.24) is 4.98 Å². The minimum atomic E-state index is -0.860. The number of carboxylic acids is 1. The highest BCUT2D eigenvalue weighted by Crippen LogP contribution is 2.64. The maximum Gasteiger partial charge on any atom is 0.307 e. The normalized spacial score (nSPS) is 27.4. The standard InChI is InChI=1S/C11H12FNO2/c1-11(2)8(9(11)10(14)15)6-3-4-13-5-7(6)12/h3-5,8-9H,1-2H3,(H,14,15)/t8-,9+/m1/s1. The largest absolute Gasteiger partial charge is 0.481 e. The van der Waals surface area contributed by atoms with Crippen molar-refractivity contribution in [3.8, 4) is 0 Å². The lowest BCUT2D eigenvalue weighted by atomic mass is 10.0. The van der Waals surface area contributed by atoms with E-state index in [1.807, 2.05) is 13.8 Å². The lowest BCUT2D eigenvalue weighted by Gasteiger charge is -2.02. The van der Waals surface area contributed by atoms with Gasteiger partial charge in [-0.3, -0.25) is 9.78 Å². The molecule has 1 aliphatic carbocycles. The van der Waals surface area contributed by atoms with Crippen molar-refractivity contribution in [1.29, 1.82) is 0 Å². The van der Waals surface area contributed by atoms with E-state index in [9.17, 15) is 9.18 Å². The lowest BCUT2D eigenvalue weighted by molar-refractivity contribution is -0.139. The van der Waals surface area contributed by atoms with Gasteiger partial charge in [-0.05, 0) is 17.0 Å². The van der Waals surface area contributed by atoms with Gasteiger partial charge in [-0.25, -0.2) is 4.39 Å². The average molecular weight is 209 g/mol. The van der Waals surface area contributed by atoms with Gasteiger partial charge in [0.25, 0.3) is 0 Å². The predicted molar refractivity (Wildman–Crippen MR) is 51.8 cm³/mol. The zero-order valence-corrected chi connectivity index (χ0v) is 8.57. The molecule has 0 aromatic carbocycles. The van der Waals surface area contributed by atoms with Gasteiger partial charge >= 0.3 is 5.97 Å². The summed E-state index contributed by atoms with van der Waals surface area (Å²) in [5.41, 5.74) is 0.0935. The molecule has 2 rings (SSSR count). The summed E-state index contributed by atoms with van der Waals surface area (Å²) >= 11 is 0. The maximum absolute atomic E-state index is 13.4. The summed E-state index contributed by atoms with van der Waals surface area (Å²) in [5.74, 6) is -2.01. The fraction of sp³-hybridized carbons (Fsp3) is 0.455. The molecule has 2 atom stereocenters. The summed E-state index contributed by atoms with van der Waals surface area (Å²) in [6, 6.07) is 1.56. The van der Waals surface area contributed by atoms with E-state index in [1.165, 1.54) is 6.20 Å². The van der Waals surface area contributed by atoms with Gasteiger partial charge in [0.2, 0.25) is 0 Å². The first kappa shape index (κ1) is 10.1. The Kier molecular flexibility index (Phi) is 2.03. The second kappa shape index (κ2) is 3.02. The van der Waals surface area contributed by atoms with E-state index in [2.05, 4.69) is 4.98 Å². The number of aromatic nitrogens is 1. The van der Waals surface area contributed by atoms with Gasteiger partial charge in [0, 0.05) is 12.1 Å². The van der Waals surface area contributed by atoms with E-state index in [0.29, 0.717) is 5.56 Å². The minimum Gasteiger partial charge on any atom is -0.481 e. The Morgan fingerprint density at radius 3 is 2.73 bits per heavy atom. The molecule has 0 amide bonds. The van der Waals surface area contributed by atoms with Crippen molar-refractivity contribution in [3.63, 3.8) is 0 Å². The summed E-state index contributed by atoms with van der Waals surface area (Å²) in [7, 11) is 0. The molecule has 1 aromatic heterocycles. The molecule has 1 heterocycles.